The van der Waals surface area contributed by atoms with Gasteiger partial charge in [0.25, 0.3) is 0 Å². The second-order valence-electron chi connectivity index (χ2n) is 6.02. The van der Waals surface area contributed by atoms with Crippen molar-refractivity contribution in [1.82, 2.24) is 10.1 Å². The maximum atomic E-state index is 12.5. The molecule has 1 aromatic heterocycles. The van der Waals surface area contributed by atoms with Gasteiger partial charge in [-0.25, -0.2) is 0 Å². The van der Waals surface area contributed by atoms with Crippen molar-refractivity contribution < 1.29 is 14.1 Å². The van der Waals surface area contributed by atoms with Crippen LogP contribution in [0.15, 0.2) is 51.5 Å². The number of carbonyl (C=O) groups is 1. The van der Waals surface area contributed by atoms with Crippen LogP contribution in [0.5, 0.6) is 5.75 Å². The fourth-order valence-corrected chi connectivity index (χ4v) is 3.41. The van der Waals surface area contributed by atoms with E-state index in [9.17, 15) is 4.79 Å². The van der Waals surface area contributed by atoms with Crippen LogP contribution in [-0.2, 0) is 11.2 Å². The van der Waals surface area contributed by atoms with E-state index in [0.29, 0.717) is 35.5 Å². The number of rotatable bonds is 7. The first-order valence-electron chi connectivity index (χ1n) is 8.75. The summed E-state index contributed by atoms with van der Waals surface area (Å²) in [5.41, 5.74) is 1.47. The van der Waals surface area contributed by atoms with Crippen molar-refractivity contribution in [2.75, 3.05) is 18.6 Å². The van der Waals surface area contributed by atoms with Gasteiger partial charge in [-0.2, -0.15) is 4.98 Å². The molecule has 2 aromatic carbocycles. The van der Waals surface area contributed by atoms with Gasteiger partial charge in [-0.1, -0.05) is 32.7 Å². The van der Waals surface area contributed by atoms with Gasteiger partial charge in [0.05, 0.1) is 17.3 Å². The van der Waals surface area contributed by atoms with E-state index in [1.165, 1.54) is 4.90 Å². The molecule has 1 heterocycles. The fraction of sp³-hybridized carbons (Fsp3) is 0.250. The van der Waals surface area contributed by atoms with Crippen molar-refractivity contribution in [2.24, 2.45) is 0 Å². The zero-order chi connectivity index (χ0) is 20.1. The van der Waals surface area contributed by atoms with Crippen molar-refractivity contribution in [2.45, 2.75) is 19.8 Å². The largest absolute Gasteiger partial charge is 0.494 e. The molecular formula is C20H19BrClN3O3. The monoisotopic (exact) mass is 463 g/mol. The lowest BCUT2D eigenvalue weighted by Crippen LogP contribution is -2.26. The van der Waals surface area contributed by atoms with Crippen molar-refractivity contribution in [3.05, 3.63) is 57.9 Å². The molecule has 1 amide bonds. The molecule has 0 aliphatic rings. The third kappa shape index (κ3) is 4.91. The van der Waals surface area contributed by atoms with Crippen LogP contribution in [0, 0.1) is 0 Å². The molecule has 3 rings (SSSR count). The Morgan fingerprint density at radius 1 is 1.25 bits per heavy atom. The van der Waals surface area contributed by atoms with Crippen LogP contribution in [0.2, 0.25) is 5.02 Å². The Labute approximate surface area is 176 Å². The Kier molecular flexibility index (Phi) is 6.70. The van der Waals surface area contributed by atoms with Gasteiger partial charge >= 0.3 is 0 Å². The van der Waals surface area contributed by atoms with Crippen molar-refractivity contribution in [3.63, 3.8) is 0 Å². The molecule has 0 aliphatic heterocycles. The minimum atomic E-state index is -0.0926. The lowest BCUT2D eigenvalue weighted by Gasteiger charge is -2.18. The van der Waals surface area contributed by atoms with Crippen LogP contribution >= 0.6 is 27.5 Å². The first kappa shape index (κ1) is 20.4. The number of hydrogen-bond acceptors (Lipinski definition) is 5. The van der Waals surface area contributed by atoms with Crippen molar-refractivity contribution in [1.29, 1.82) is 0 Å². The second-order valence-corrected chi connectivity index (χ2v) is 7.34. The number of ether oxygens (including phenoxy) is 1. The molecule has 3 aromatic rings. The Morgan fingerprint density at radius 3 is 2.68 bits per heavy atom. The number of aromatic nitrogens is 2. The lowest BCUT2D eigenvalue weighted by molar-refractivity contribution is -0.118. The Balaban J connectivity index is 1.61. The first-order chi connectivity index (χ1) is 13.5. The summed E-state index contributed by atoms with van der Waals surface area (Å²) in [5, 5.41) is 4.49. The number of halogens is 2. The Morgan fingerprint density at radius 2 is 2.00 bits per heavy atom. The highest BCUT2D eigenvalue weighted by Gasteiger charge is 2.16. The topological polar surface area (TPSA) is 68.5 Å². The molecule has 0 spiro atoms. The molecule has 0 aliphatic carbocycles. The quantitative estimate of drug-likeness (QED) is 0.484. The van der Waals surface area contributed by atoms with Crippen molar-refractivity contribution >= 4 is 39.1 Å². The fourth-order valence-electron chi connectivity index (χ4n) is 2.61. The van der Waals surface area contributed by atoms with E-state index in [0.717, 1.165) is 15.8 Å². The maximum Gasteiger partial charge on any atom is 0.227 e. The standard InChI is InChI=1S/C20H19BrClN3O3/c1-3-27-15-7-4-13(5-8-15)20-23-18(28-24-20)10-11-19(26)25(2)17-9-6-14(21)12-16(17)22/h4-9,12H,3,10-11H2,1-2H3. The molecule has 0 N–H and O–H groups in total. The number of aryl methyl sites for hydroxylation is 1. The summed E-state index contributed by atoms with van der Waals surface area (Å²) in [6.45, 7) is 2.54. The van der Waals surface area contributed by atoms with E-state index >= 15 is 0 Å². The van der Waals surface area contributed by atoms with Crippen LogP contribution in [-0.4, -0.2) is 29.7 Å². The number of benzene rings is 2. The highest BCUT2D eigenvalue weighted by molar-refractivity contribution is 9.10. The molecule has 0 saturated carbocycles. The molecule has 0 atom stereocenters. The van der Waals surface area contributed by atoms with Crippen LogP contribution < -0.4 is 9.64 Å². The predicted octanol–water partition coefficient (Wildman–Crippen LogP) is 5.15. The summed E-state index contributed by atoms with van der Waals surface area (Å²) >= 11 is 9.57. The van der Waals surface area contributed by atoms with E-state index in [1.54, 1.807) is 19.2 Å². The zero-order valence-corrected chi connectivity index (χ0v) is 17.8. The highest BCUT2D eigenvalue weighted by Crippen LogP contribution is 2.28. The summed E-state index contributed by atoms with van der Waals surface area (Å²) in [4.78, 5) is 18.4. The van der Waals surface area contributed by atoms with Gasteiger partial charge in [0.15, 0.2) is 0 Å². The van der Waals surface area contributed by atoms with Gasteiger partial charge in [-0.3, -0.25) is 4.79 Å². The minimum absolute atomic E-state index is 0.0926. The average molecular weight is 465 g/mol. The van der Waals surface area contributed by atoms with Crippen LogP contribution in [0.4, 0.5) is 5.69 Å². The Bertz CT molecular complexity index is 960. The van der Waals surface area contributed by atoms with E-state index in [2.05, 4.69) is 26.1 Å². The third-order valence-corrected chi connectivity index (χ3v) is 4.89. The summed E-state index contributed by atoms with van der Waals surface area (Å²) in [6, 6.07) is 12.8. The summed E-state index contributed by atoms with van der Waals surface area (Å²) in [7, 11) is 1.69. The van der Waals surface area contributed by atoms with E-state index < -0.39 is 0 Å². The molecule has 0 fully saturated rings. The average Bonchev–Trinajstić information content (AvgIpc) is 3.15. The number of carbonyl (C=O) groups excluding carboxylic acids is 1. The SMILES string of the molecule is CCOc1ccc(-c2noc(CCC(=O)N(C)c3ccc(Br)cc3Cl)n2)cc1. The molecule has 0 unspecified atom stereocenters. The van der Waals surface area contributed by atoms with Gasteiger partial charge in [0.2, 0.25) is 17.6 Å². The summed E-state index contributed by atoms with van der Waals surface area (Å²) in [6.07, 6.45) is 0.579. The molecule has 146 valence electrons. The highest BCUT2D eigenvalue weighted by atomic mass is 79.9. The number of anilines is 1. The number of amides is 1. The van der Waals surface area contributed by atoms with Gasteiger partial charge in [0, 0.05) is 29.9 Å². The van der Waals surface area contributed by atoms with Crippen LogP contribution in [0.3, 0.4) is 0 Å². The Hall–Kier alpha value is -2.38. The normalized spacial score (nSPS) is 10.7. The maximum absolute atomic E-state index is 12.5. The van der Waals surface area contributed by atoms with Crippen LogP contribution in [0.25, 0.3) is 11.4 Å². The zero-order valence-electron chi connectivity index (χ0n) is 15.5. The van der Waals surface area contributed by atoms with Gasteiger partial charge in [0.1, 0.15) is 5.75 Å². The molecule has 6 nitrogen and oxygen atoms in total. The number of hydrogen-bond donors (Lipinski definition) is 0. The van der Waals surface area contributed by atoms with Gasteiger partial charge in [-0.05, 0) is 49.4 Å². The molecule has 8 heteroatoms. The molecule has 0 radical (unpaired) electrons. The molecule has 0 saturated heterocycles. The molecular weight excluding hydrogens is 446 g/mol. The van der Waals surface area contributed by atoms with Gasteiger partial charge < -0.3 is 14.2 Å². The summed E-state index contributed by atoms with van der Waals surface area (Å²) < 4.78 is 11.6. The van der Waals surface area contributed by atoms with Gasteiger partial charge in [-0.15, -0.1) is 0 Å². The van der Waals surface area contributed by atoms with E-state index in [1.807, 2.05) is 37.3 Å². The number of nitrogens with zero attached hydrogens (tertiary/aromatic N) is 3. The van der Waals surface area contributed by atoms with E-state index in [4.69, 9.17) is 20.9 Å². The molecule has 28 heavy (non-hydrogen) atoms. The molecule has 0 bridgehead atoms. The minimum Gasteiger partial charge on any atom is -0.494 e. The smallest absolute Gasteiger partial charge is 0.227 e. The first-order valence-corrected chi connectivity index (χ1v) is 9.92. The second kappa shape index (κ2) is 9.21. The lowest BCUT2D eigenvalue weighted by atomic mass is 10.2. The predicted molar refractivity (Wildman–Crippen MR) is 112 cm³/mol. The van der Waals surface area contributed by atoms with Crippen molar-refractivity contribution in [3.8, 4) is 17.1 Å². The summed E-state index contributed by atoms with van der Waals surface area (Å²) in [5.74, 6) is 1.59. The third-order valence-electron chi connectivity index (χ3n) is 4.09. The van der Waals surface area contributed by atoms with Crippen LogP contribution in [0.1, 0.15) is 19.2 Å². The van der Waals surface area contributed by atoms with E-state index in [-0.39, 0.29) is 12.3 Å².